The minimum Gasteiger partial charge on any atom is -0.378 e. The van der Waals surface area contributed by atoms with Crippen molar-refractivity contribution in [2.24, 2.45) is 5.84 Å². The Kier molecular flexibility index (Phi) is 5.51. The number of nitrogens with one attached hydrogen (secondary N) is 1. The largest absolute Gasteiger partial charge is 0.389 e. The lowest BCUT2D eigenvalue weighted by molar-refractivity contribution is -0.136. The van der Waals surface area contributed by atoms with Crippen LogP contribution in [0.2, 0.25) is 0 Å². The van der Waals surface area contributed by atoms with Gasteiger partial charge in [-0.1, -0.05) is 0 Å². The number of hydrogen-bond acceptors (Lipinski definition) is 3. The Balaban J connectivity index is 2.15. The van der Waals surface area contributed by atoms with E-state index in [0.717, 1.165) is 25.9 Å². The van der Waals surface area contributed by atoms with Crippen LogP contribution in [0.1, 0.15) is 38.5 Å². The van der Waals surface area contributed by atoms with Crippen molar-refractivity contribution in [2.75, 3.05) is 6.61 Å². The summed E-state index contributed by atoms with van der Waals surface area (Å²) in [4.78, 5) is 0. The van der Waals surface area contributed by atoms with Crippen LogP contribution in [0, 0.1) is 0 Å². The second-order valence-corrected chi connectivity index (χ2v) is 4.23. The normalized spacial score (nSPS) is 23.6. The molecule has 3 N–H and O–H groups in total. The van der Waals surface area contributed by atoms with Gasteiger partial charge < -0.3 is 4.74 Å². The van der Waals surface area contributed by atoms with Gasteiger partial charge >= 0.3 is 6.18 Å². The summed E-state index contributed by atoms with van der Waals surface area (Å²) in [5.41, 5.74) is 2.44. The van der Waals surface area contributed by atoms with Crippen molar-refractivity contribution in [3.8, 4) is 0 Å². The zero-order valence-electron chi connectivity index (χ0n) is 9.22. The molecule has 0 spiro atoms. The summed E-state index contributed by atoms with van der Waals surface area (Å²) in [6, 6.07) is -0.272. The number of halogens is 3. The number of hydrazine groups is 1. The highest BCUT2D eigenvalue weighted by molar-refractivity contribution is 4.71. The minimum atomic E-state index is -4.10. The Morgan fingerprint density at radius 3 is 2.62 bits per heavy atom. The summed E-state index contributed by atoms with van der Waals surface area (Å²) in [7, 11) is 0. The fourth-order valence-corrected chi connectivity index (χ4v) is 1.91. The summed E-state index contributed by atoms with van der Waals surface area (Å²) in [5.74, 6) is 5.23. The second-order valence-electron chi connectivity index (χ2n) is 4.23. The summed E-state index contributed by atoms with van der Waals surface area (Å²) in [6.07, 6.45) is -1.16. The third-order valence-corrected chi connectivity index (χ3v) is 2.87. The molecule has 2 unspecified atom stereocenters. The maximum atomic E-state index is 12.0. The Morgan fingerprint density at radius 2 is 2.12 bits per heavy atom. The monoisotopic (exact) mass is 240 g/mol. The molecule has 0 saturated carbocycles. The van der Waals surface area contributed by atoms with E-state index in [9.17, 15) is 13.2 Å². The summed E-state index contributed by atoms with van der Waals surface area (Å²) < 4.78 is 41.4. The molecule has 3 nitrogen and oxygen atoms in total. The highest BCUT2D eigenvalue weighted by atomic mass is 19.4. The molecule has 0 radical (unpaired) electrons. The second kappa shape index (κ2) is 6.42. The molecule has 2 atom stereocenters. The lowest BCUT2D eigenvalue weighted by atomic mass is 10.0. The van der Waals surface area contributed by atoms with Crippen LogP contribution in [0.15, 0.2) is 0 Å². The predicted molar refractivity (Wildman–Crippen MR) is 54.6 cm³/mol. The molecule has 0 aliphatic carbocycles. The van der Waals surface area contributed by atoms with Crippen LogP contribution < -0.4 is 11.3 Å². The van der Waals surface area contributed by atoms with Crippen molar-refractivity contribution in [1.29, 1.82) is 0 Å². The molecule has 96 valence electrons. The van der Waals surface area contributed by atoms with Gasteiger partial charge in [-0.25, -0.2) is 0 Å². The Morgan fingerprint density at radius 1 is 1.38 bits per heavy atom. The van der Waals surface area contributed by atoms with Crippen molar-refractivity contribution in [3.05, 3.63) is 0 Å². The van der Waals surface area contributed by atoms with Crippen LogP contribution >= 0.6 is 0 Å². The van der Waals surface area contributed by atoms with E-state index in [2.05, 4.69) is 5.43 Å². The first-order valence-electron chi connectivity index (χ1n) is 5.66. The van der Waals surface area contributed by atoms with Crippen molar-refractivity contribution in [1.82, 2.24) is 5.43 Å². The number of rotatable bonds is 6. The molecule has 16 heavy (non-hydrogen) atoms. The van der Waals surface area contributed by atoms with Crippen molar-refractivity contribution < 1.29 is 17.9 Å². The van der Waals surface area contributed by atoms with Gasteiger partial charge in [-0.15, -0.1) is 0 Å². The van der Waals surface area contributed by atoms with Gasteiger partial charge in [0.25, 0.3) is 0 Å². The van der Waals surface area contributed by atoms with Gasteiger partial charge in [0, 0.05) is 19.1 Å². The molecular weight excluding hydrogens is 221 g/mol. The Hall–Kier alpha value is -0.330. The molecule has 1 aliphatic heterocycles. The minimum absolute atomic E-state index is 0.0344. The third kappa shape index (κ3) is 5.67. The smallest absolute Gasteiger partial charge is 0.378 e. The van der Waals surface area contributed by atoms with Gasteiger partial charge in [0.2, 0.25) is 0 Å². The zero-order valence-corrected chi connectivity index (χ0v) is 9.22. The van der Waals surface area contributed by atoms with Gasteiger partial charge in [-0.2, -0.15) is 13.2 Å². The highest BCUT2D eigenvalue weighted by Crippen LogP contribution is 2.24. The molecule has 0 aromatic carbocycles. The van der Waals surface area contributed by atoms with Gasteiger partial charge in [0.1, 0.15) is 0 Å². The van der Waals surface area contributed by atoms with E-state index in [1.165, 1.54) is 0 Å². The van der Waals surface area contributed by atoms with E-state index in [1.54, 1.807) is 0 Å². The summed E-state index contributed by atoms with van der Waals surface area (Å²) in [6.45, 7) is 0.772. The maximum absolute atomic E-state index is 12.0. The fraction of sp³-hybridized carbons (Fsp3) is 1.00. The molecule has 1 saturated heterocycles. The van der Waals surface area contributed by atoms with E-state index >= 15 is 0 Å². The molecule has 6 heteroatoms. The Labute approximate surface area is 93.5 Å². The first kappa shape index (κ1) is 13.7. The first-order valence-corrected chi connectivity index (χ1v) is 5.66. The molecule has 0 aromatic heterocycles. The predicted octanol–water partition coefficient (Wildman–Crippen LogP) is 2.12. The average molecular weight is 240 g/mol. The molecule has 0 bridgehead atoms. The molecule has 1 fully saturated rings. The van der Waals surface area contributed by atoms with Crippen LogP contribution in [-0.2, 0) is 4.74 Å². The maximum Gasteiger partial charge on any atom is 0.389 e. The van der Waals surface area contributed by atoms with E-state index < -0.39 is 12.6 Å². The lowest BCUT2D eigenvalue weighted by Crippen LogP contribution is -2.36. The van der Waals surface area contributed by atoms with Gasteiger partial charge in [0.05, 0.1) is 6.10 Å². The average Bonchev–Trinajstić information content (AvgIpc) is 2.69. The topological polar surface area (TPSA) is 47.3 Å². The SMILES string of the molecule is NNC(CCC1CCCO1)CCC(F)(F)F. The van der Waals surface area contributed by atoms with Crippen LogP contribution in [0.4, 0.5) is 13.2 Å². The first-order chi connectivity index (χ1) is 7.51. The number of alkyl halides is 3. The lowest BCUT2D eigenvalue weighted by Gasteiger charge is -2.18. The number of hydrogen-bond donors (Lipinski definition) is 2. The third-order valence-electron chi connectivity index (χ3n) is 2.87. The fourth-order valence-electron chi connectivity index (χ4n) is 1.91. The van der Waals surface area contributed by atoms with Crippen molar-refractivity contribution >= 4 is 0 Å². The van der Waals surface area contributed by atoms with Gasteiger partial charge in [-0.3, -0.25) is 11.3 Å². The number of nitrogens with two attached hydrogens (primary N) is 1. The van der Waals surface area contributed by atoms with Crippen molar-refractivity contribution in [3.63, 3.8) is 0 Å². The van der Waals surface area contributed by atoms with Gasteiger partial charge in [0.15, 0.2) is 0 Å². The standard InChI is InChI=1S/C10H19F3N2O/c11-10(12,13)6-5-8(15-14)3-4-9-2-1-7-16-9/h8-9,15H,1-7,14H2. The van der Waals surface area contributed by atoms with Crippen LogP contribution in [0.25, 0.3) is 0 Å². The number of ether oxygens (including phenoxy) is 1. The van der Waals surface area contributed by atoms with E-state index in [-0.39, 0.29) is 18.6 Å². The van der Waals surface area contributed by atoms with Gasteiger partial charge in [-0.05, 0) is 32.1 Å². The zero-order chi connectivity index (χ0) is 12.0. The molecule has 1 rings (SSSR count). The van der Waals surface area contributed by atoms with Crippen LogP contribution in [-0.4, -0.2) is 24.9 Å². The van der Waals surface area contributed by atoms with E-state index in [4.69, 9.17) is 10.6 Å². The summed E-state index contributed by atoms with van der Waals surface area (Å²) >= 11 is 0. The van der Waals surface area contributed by atoms with Crippen molar-refractivity contribution in [2.45, 2.75) is 56.8 Å². The van der Waals surface area contributed by atoms with E-state index in [0.29, 0.717) is 6.42 Å². The molecule has 0 aromatic rings. The summed E-state index contributed by atoms with van der Waals surface area (Å²) in [5, 5.41) is 0. The Bertz CT molecular complexity index is 193. The molecular formula is C10H19F3N2O. The highest BCUT2D eigenvalue weighted by Gasteiger charge is 2.28. The molecule has 1 heterocycles. The quantitative estimate of drug-likeness (QED) is 0.552. The van der Waals surface area contributed by atoms with E-state index in [1.807, 2.05) is 0 Å². The van der Waals surface area contributed by atoms with Crippen LogP contribution in [0.5, 0.6) is 0 Å². The molecule has 0 amide bonds. The molecule has 1 aliphatic rings. The van der Waals surface area contributed by atoms with Crippen LogP contribution in [0.3, 0.4) is 0 Å².